The Morgan fingerprint density at radius 2 is 1.84 bits per heavy atom. The van der Waals surface area contributed by atoms with Gasteiger partial charge in [-0.25, -0.2) is 0 Å². The number of nitrogens with zero attached hydrogens (tertiary/aromatic N) is 1. The van der Waals surface area contributed by atoms with Gasteiger partial charge in [-0.15, -0.1) is 0 Å². The van der Waals surface area contributed by atoms with Crippen molar-refractivity contribution >= 4 is 23.2 Å². The molecule has 5 atom stereocenters. The maximum Gasteiger partial charge on any atom is 0.255 e. The molecule has 4 rings (SSSR count). The van der Waals surface area contributed by atoms with Crippen molar-refractivity contribution in [3.63, 3.8) is 0 Å². The van der Waals surface area contributed by atoms with Gasteiger partial charge in [0.05, 0.1) is 23.6 Å². The second-order valence-electron chi connectivity index (χ2n) is 10.5. The summed E-state index contributed by atoms with van der Waals surface area (Å²) in [7, 11) is 2.91. The largest absolute Gasteiger partial charge is 0.508 e. The van der Waals surface area contributed by atoms with Crippen LogP contribution < -0.4 is 11.1 Å². The topological polar surface area (TPSA) is 194 Å². The highest BCUT2D eigenvalue weighted by molar-refractivity contribution is 6.24. The Balaban J connectivity index is 1.90. The fourth-order valence-corrected chi connectivity index (χ4v) is 5.69. The molecule has 11 heteroatoms. The number of ketones is 2. The van der Waals surface area contributed by atoms with E-state index < -0.39 is 69.7 Å². The minimum Gasteiger partial charge on any atom is -0.508 e. The number of carbonyl (C=O) groups excluding carboxylic acids is 3. The van der Waals surface area contributed by atoms with E-state index in [0.29, 0.717) is 23.6 Å². The number of hydrogen-bond acceptors (Lipinski definition) is 10. The minimum absolute atomic E-state index is 0.0627. The molecule has 1 aromatic rings. The van der Waals surface area contributed by atoms with Crippen LogP contribution in [0.15, 0.2) is 29.0 Å². The molecule has 8 N–H and O–H groups in total. The molecule has 1 fully saturated rings. The smallest absolute Gasteiger partial charge is 0.255 e. The summed E-state index contributed by atoms with van der Waals surface area (Å²) >= 11 is 0. The average Bonchev–Trinajstić information content (AvgIpc) is 2.80. The van der Waals surface area contributed by atoms with Crippen LogP contribution in [0, 0.1) is 24.2 Å². The van der Waals surface area contributed by atoms with Crippen LogP contribution in [0.5, 0.6) is 5.75 Å². The molecule has 3 aliphatic rings. The summed E-state index contributed by atoms with van der Waals surface area (Å²) in [6.45, 7) is 5.01. The van der Waals surface area contributed by atoms with Crippen molar-refractivity contribution in [3.8, 4) is 5.75 Å². The molecule has 1 saturated carbocycles. The SMILES string of the molecule is CC(C)CNCc1ccc2c(c1O)C(O)=C1C(=O)[C@]3(O)C(O)=C(C(N)=O)C(=O)[C@@H](N(C)C)[C@@H]3[C@@H](O)[C@@H]1[CH]2. The van der Waals surface area contributed by atoms with Gasteiger partial charge in [0.1, 0.15) is 22.8 Å². The molecule has 0 heterocycles. The summed E-state index contributed by atoms with van der Waals surface area (Å²) < 4.78 is 0. The van der Waals surface area contributed by atoms with Crippen molar-refractivity contribution in [1.29, 1.82) is 0 Å². The molecule has 1 amide bonds. The number of nitrogens with two attached hydrogens (primary N) is 1. The molecule has 0 spiro atoms. The van der Waals surface area contributed by atoms with Crippen LogP contribution in [0.2, 0.25) is 0 Å². The zero-order valence-corrected chi connectivity index (χ0v) is 21.0. The molecular formula is C26H32N3O8. The molecular weight excluding hydrogens is 482 g/mol. The number of aliphatic hydroxyl groups is 4. The zero-order chi connectivity index (χ0) is 27.6. The lowest BCUT2D eigenvalue weighted by atomic mass is 9.56. The Labute approximate surface area is 213 Å². The van der Waals surface area contributed by atoms with Crippen LogP contribution in [0.4, 0.5) is 0 Å². The number of aliphatic hydroxyl groups excluding tert-OH is 3. The van der Waals surface area contributed by atoms with Crippen molar-refractivity contribution in [3.05, 3.63) is 52.1 Å². The van der Waals surface area contributed by atoms with Crippen LogP contribution in [-0.2, 0) is 20.9 Å². The van der Waals surface area contributed by atoms with E-state index >= 15 is 0 Å². The molecule has 0 bridgehead atoms. The lowest BCUT2D eigenvalue weighted by Gasteiger charge is -2.52. The second-order valence-corrected chi connectivity index (χ2v) is 10.5. The Hall–Kier alpha value is -3.25. The lowest BCUT2D eigenvalue weighted by Crippen LogP contribution is -2.70. The summed E-state index contributed by atoms with van der Waals surface area (Å²) in [5, 5.41) is 59.2. The van der Waals surface area contributed by atoms with E-state index in [-0.39, 0.29) is 17.9 Å². The second kappa shape index (κ2) is 9.25. The van der Waals surface area contributed by atoms with Crippen LogP contribution in [0.25, 0.3) is 5.76 Å². The highest BCUT2D eigenvalue weighted by Gasteiger charge is 2.67. The first-order valence-electron chi connectivity index (χ1n) is 12.0. The van der Waals surface area contributed by atoms with E-state index in [0.717, 1.165) is 0 Å². The number of likely N-dealkylation sites (N-methyl/N-ethyl adjacent to an activating group) is 1. The Morgan fingerprint density at radius 3 is 2.41 bits per heavy atom. The van der Waals surface area contributed by atoms with E-state index in [1.807, 2.05) is 13.8 Å². The number of primary amides is 1. The number of fused-ring (bicyclic) bond motifs is 3. The fourth-order valence-electron chi connectivity index (χ4n) is 5.69. The third kappa shape index (κ3) is 3.84. The van der Waals surface area contributed by atoms with Gasteiger partial charge in [0, 0.05) is 30.0 Å². The van der Waals surface area contributed by atoms with Crippen LogP contribution in [-0.4, -0.2) is 86.3 Å². The fraction of sp³-hybridized carbons (Fsp3) is 0.462. The number of amides is 1. The summed E-state index contributed by atoms with van der Waals surface area (Å²) in [5.74, 6) is -8.12. The van der Waals surface area contributed by atoms with Gasteiger partial charge in [0.2, 0.25) is 5.78 Å². The Bertz CT molecular complexity index is 1250. The predicted molar refractivity (Wildman–Crippen MR) is 132 cm³/mol. The average molecular weight is 515 g/mol. The van der Waals surface area contributed by atoms with E-state index in [9.17, 15) is 39.9 Å². The van der Waals surface area contributed by atoms with Crippen molar-refractivity contribution in [2.75, 3.05) is 20.6 Å². The number of benzene rings is 1. The first kappa shape index (κ1) is 26.8. The van der Waals surface area contributed by atoms with Crippen molar-refractivity contribution in [2.45, 2.75) is 38.1 Å². The normalized spacial score (nSPS) is 29.5. The van der Waals surface area contributed by atoms with Crippen molar-refractivity contribution < 1.29 is 39.9 Å². The maximum atomic E-state index is 13.8. The maximum absolute atomic E-state index is 13.8. The van der Waals surface area contributed by atoms with Gasteiger partial charge in [-0.05, 0) is 32.1 Å². The first-order valence-corrected chi connectivity index (χ1v) is 12.0. The summed E-state index contributed by atoms with van der Waals surface area (Å²) in [5.41, 5.74) is 1.70. The molecule has 3 aliphatic carbocycles. The van der Waals surface area contributed by atoms with E-state index in [4.69, 9.17) is 5.73 Å². The van der Waals surface area contributed by atoms with E-state index in [1.165, 1.54) is 25.4 Å². The van der Waals surface area contributed by atoms with E-state index in [2.05, 4.69) is 5.32 Å². The summed E-state index contributed by atoms with van der Waals surface area (Å²) in [6.07, 6.45) is -0.172. The Morgan fingerprint density at radius 1 is 1.19 bits per heavy atom. The predicted octanol–water partition coefficient (Wildman–Crippen LogP) is -0.310. The van der Waals surface area contributed by atoms with Crippen LogP contribution in [0.1, 0.15) is 30.5 Å². The summed E-state index contributed by atoms with van der Waals surface area (Å²) in [4.78, 5) is 40.3. The zero-order valence-electron chi connectivity index (χ0n) is 21.0. The van der Waals surface area contributed by atoms with Gasteiger partial charge in [-0.3, -0.25) is 19.3 Å². The number of carbonyl (C=O) groups is 3. The number of hydrogen-bond donors (Lipinski definition) is 7. The summed E-state index contributed by atoms with van der Waals surface area (Å²) in [6, 6.07) is 1.90. The number of Topliss-reactive ketones (excluding diaryl/α,β-unsaturated/α-hetero) is 2. The van der Waals surface area contributed by atoms with Gasteiger partial charge in [0.15, 0.2) is 11.4 Å². The van der Waals surface area contributed by atoms with Crippen molar-refractivity contribution in [1.82, 2.24) is 10.2 Å². The first-order chi connectivity index (χ1) is 17.2. The van der Waals surface area contributed by atoms with Gasteiger partial charge in [-0.2, -0.15) is 0 Å². The minimum atomic E-state index is -2.93. The van der Waals surface area contributed by atoms with Crippen LogP contribution in [0.3, 0.4) is 0 Å². The number of nitrogens with one attached hydrogen (secondary N) is 1. The molecule has 11 nitrogen and oxygen atoms in total. The molecule has 1 radical (unpaired) electrons. The molecule has 0 aliphatic heterocycles. The van der Waals surface area contributed by atoms with E-state index in [1.54, 1.807) is 12.1 Å². The number of phenols is 1. The highest BCUT2D eigenvalue weighted by atomic mass is 16.4. The molecule has 0 aromatic heterocycles. The van der Waals surface area contributed by atoms with Crippen molar-refractivity contribution in [2.24, 2.45) is 23.5 Å². The molecule has 37 heavy (non-hydrogen) atoms. The van der Waals surface area contributed by atoms with Gasteiger partial charge in [0.25, 0.3) is 5.91 Å². The quantitative estimate of drug-likeness (QED) is 0.248. The third-order valence-electron chi connectivity index (χ3n) is 7.41. The third-order valence-corrected chi connectivity index (χ3v) is 7.41. The highest BCUT2D eigenvalue weighted by Crippen LogP contribution is 2.53. The molecule has 0 unspecified atom stereocenters. The van der Waals surface area contributed by atoms with Gasteiger partial charge in [-0.1, -0.05) is 26.0 Å². The molecule has 199 valence electrons. The number of aromatic hydroxyl groups is 1. The number of rotatable bonds is 6. The lowest BCUT2D eigenvalue weighted by molar-refractivity contribution is -0.167. The monoisotopic (exact) mass is 514 g/mol. The number of phenolic OH excluding ortho intramolecular Hbond substituents is 1. The van der Waals surface area contributed by atoms with Gasteiger partial charge >= 0.3 is 0 Å². The Kier molecular flexibility index (Phi) is 6.70. The standard InChI is InChI=1S/C26H32N3O8/c1-10(2)8-28-9-12-6-5-11-7-13-15(21(32)14(11)19(12)30)23(34)26(37)17(20(13)31)18(29(3)4)22(33)16(24(26)35)25(27)36/h5-7,10,13,17-18,20,28,30-32,35,37H,8-9H2,1-4H3,(H2,27,36)/t13-,17-,18+,20+,26+/m1/s1. The molecule has 1 aromatic carbocycles. The van der Waals surface area contributed by atoms with Crippen LogP contribution >= 0.6 is 0 Å². The molecule has 0 saturated heterocycles. The van der Waals surface area contributed by atoms with Gasteiger partial charge < -0.3 is 36.6 Å².